The monoisotopic (exact) mass is 550 g/mol. The number of nitrogens with one attached hydrogen (secondary N) is 2. The van der Waals surface area contributed by atoms with Gasteiger partial charge in [-0.05, 0) is 41.3 Å². The maximum atomic E-state index is 13.3. The van der Waals surface area contributed by atoms with E-state index in [0.717, 1.165) is 16.0 Å². The number of hydrogen-bond donors (Lipinski definition) is 2. The molecule has 0 saturated carbocycles. The number of rotatable bonds is 9. The van der Waals surface area contributed by atoms with Gasteiger partial charge in [-0.25, -0.2) is 4.98 Å². The summed E-state index contributed by atoms with van der Waals surface area (Å²) in [5, 5.41) is 15.2. The Morgan fingerprint density at radius 3 is 2.38 bits per heavy atom. The number of pyridine rings is 1. The zero-order chi connectivity index (χ0) is 28.7. The lowest BCUT2D eigenvalue weighted by molar-refractivity contribution is -0.161. The molecular formula is C29H29F3N6O2. The molecule has 2 amide bonds. The number of anilines is 2. The van der Waals surface area contributed by atoms with Gasteiger partial charge in [0.25, 0.3) is 0 Å². The normalized spacial score (nSPS) is 15.3. The minimum Gasteiger partial charge on any atom is -0.359 e. The summed E-state index contributed by atoms with van der Waals surface area (Å²) in [7, 11) is 0. The van der Waals surface area contributed by atoms with Gasteiger partial charge in [0.15, 0.2) is 0 Å². The van der Waals surface area contributed by atoms with Crippen molar-refractivity contribution >= 4 is 23.3 Å². The summed E-state index contributed by atoms with van der Waals surface area (Å²) in [6, 6.07) is 21.3. The van der Waals surface area contributed by atoms with E-state index < -0.39 is 24.7 Å². The predicted molar refractivity (Wildman–Crippen MR) is 144 cm³/mol. The number of nitriles is 1. The first-order chi connectivity index (χ1) is 19.1. The quantitative estimate of drug-likeness (QED) is 0.414. The van der Waals surface area contributed by atoms with Gasteiger partial charge in [0.05, 0.1) is 30.1 Å². The number of aromatic nitrogens is 1. The first-order valence-electron chi connectivity index (χ1n) is 12.8. The van der Waals surface area contributed by atoms with Crippen molar-refractivity contribution in [2.75, 3.05) is 42.9 Å². The number of hydrogen-bond acceptors (Lipinski definition) is 6. The van der Waals surface area contributed by atoms with Gasteiger partial charge < -0.3 is 20.4 Å². The lowest BCUT2D eigenvalue weighted by Crippen LogP contribution is -2.53. The molecule has 8 nitrogen and oxygen atoms in total. The molecule has 2 atom stereocenters. The summed E-state index contributed by atoms with van der Waals surface area (Å²) in [6.45, 7) is 1.29. The van der Waals surface area contributed by atoms with Gasteiger partial charge in [0, 0.05) is 19.6 Å². The first kappa shape index (κ1) is 28.6. The molecule has 0 spiro atoms. The number of benzene rings is 2. The van der Waals surface area contributed by atoms with Crippen molar-refractivity contribution in [1.29, 1.82) is 5.26 Å². The molecule has 1 fully saturated rings. The van der Waals surface area contributed by atoms with Crippen molar-refractivity contribution in [1.82, 2.24) is 15.2 Å². The SMILES string of the molecule is C[C@@H](CN[C@@H](C(=O)Nc1ccc(N2CCN(CC(F)(F)F)C(=O)C2)cn1)c1ccccc1)c1ccc(C#N)cc1. The molecule has 0 unspecified atom stereocenters. The number of carbonyl (C=O) groups excluding carboxylic acids is 2. The van der Waals surface area contributed by atoms with E-state index in [4.69, 9.17) is 5.26 Å². The van der Waals surface area contributed by atoms with Crippen LogP contribution in [-0.4, -0.2) is 60.6 Å². The third kappa shape index (κ3) is 7.57. The fourth-order valence-corrected chi connectivity index (χ4v) is 4.46. The molecule has 0 bridgehead atoms. The molecule has 1 saturated heterocycles. The summed E-state index contributed by atoms with van der Waals surface area (Å²) >= 11 is 0. The van der Waals surface area contributed by atoms with E-state index in [1.54, 1.807) is 29.2 Å². The van der Waals surface area contributed by atoms with Crippen molar-refractivity contribution in [3.63, 3.8) is 0 Å². The van der Waals surface area contributed by atoms with Gasteiger partial charge in [0.1, 0.15) is 18.4 Å². The van der Waals surface area contributed by atoms with E-state index in [1.165, 1.54) is 6.20 Å². The molecule has 4 rings (SSSR count). The lowest BCUT2D eigenvalue weighted by atomic mass is 9.98. The number of nitrogens with zero attached hydrogens (tertiary/aromatic N) is 4. The topological polar surface area (TPSA) is 101 Å². The van der Waals surface area contributed by atoms with Crippen molar-refractivity contribution < 1.29 is 22.8 Å². The van der Waals surface area contributed by atoms with Crippen LogP contribution in [0.25, 0.3) is 0 Å². The lowest BCUT2D eigenvalue weighted by Gasteiger charge is -2.35. The fourth-order valence-electron chi connectivity index (χ4n) is 4.46. The van der Waals surface area contributed by atoms with Crippen LogP contribution in [0.3, 0.4) is 0 Å². The Kier molecular flexibility index (Phi) is 9.01. The van der Waals surface area contributed by atoms with Crippen LogP contribution < -0.4 is 15.5 Å². The van der Waals surface area contributed by atoms with E-state index >= 15 is 0 Å². The van der Waals surface area contributed by atoms with Crippen LogP contribution in [0, 0.1) is 11.3 Å². The van der Waals surface area contributed by atoms with E-state index in [1.807, 2.05) is 49.4 Å². The summed E-state index contributed by atoms with van der Waals surface area (Å²) in [6.07, 6.45) is -2.95. The smallest absolute Gasteiger partial charge is 0.359 e. The Labute approximate surface area is 230 Å². The second kappa shape index (κ2) is 12.6. The molecule has 1 aromatic heterocycles. The highest BCUT2D eigenvalue weighted by atomic mass is 19.4. The molecule has 1 aliphatic rings. The molecule has 2 aromatic carbocycles. The molecule has 208 valence electrons. The van der Waals surface area contributed by atoms with Gasteiger partial charge in [-0.1, -0.05) is 49.4 Å². The summed E-state index contributed by atoms with van der Waals surface area (Å²) < 4.78 is 38.0. The molecule has 0 radical (unpaired) electrons. The Balaban J connectivity index is 1.39. The molecular weight excluding hydrogens is 521 g/mol. The van der Waals surface area contributed by atoms with Crippen molar-refractivity contribution in [3.8, 4) is 6.07 Å². The van der Waals surface area contributed by atoms with Crippen molar-refractivity contribution in [3.05, 3.63) is 89.6 Å². The molecule has 0 aliphatic carbocycles. The second-order valence-corrected chi connectivity index (χ2v) is 9.63. The molecule has 1 aliphatic heterocycles. The highest BCUT2D eigenvalue weighted by Gasteiger charge is 2.35. The Morgan fingerprint density at radius 2 is 1.77 bits per heavy atom. The van der Waals surface area contributed by atoms with Crippen LogP contribution in [0.15, 0.2) is 72.9 Å². The van der Waals surface area contributed by atoms with E-state index in [2.05, 4.69) is 21.7 Å². The van der Waals surface area contributed by atoms with E-state index in [9.17, 15) is 22.8 Å². The van der Waals surface area contributed by atoms with E-state index in [-0.39, 0.29) is 31.5 Å². The third-order valence-electron chi connectivity index (χ3n) is 6.69. The number of piperazine rings is 1. The fraction of sp³-hybridized carbons (Fsp3) is 0.310. The second-order valence-electron chi connectivity index (χ2n) is 9.63. The van der Waals surface area contributed by atoms with Crippen molar-refractivity contribution in [2.45, 2.75) is 25.1 Å². The van der Waals surface area contributed by atoms with E-state index in [0.29, 0.717) is 23.6 Å². The molecule has 11 heteroatoms. The van der Waals surface area contributed by atoms with Crippen LogP contribution in [-0.2, 0) is 9.59 Å². The van der Waals surface area contributed by atoms with Crippen LogP contribution in [0.5, 0.6) is 0 Å². The Hall–Kier alpha value is -4.43. The zero-order valence-electron chi connectivity index (χ0n) is 21.9. The predicted octanol–water partition coefficient (Wildman–Crippen LogP) is 4.24. The number of halogens is 3. The standard InChI is InChI=1S/C29H29F3N6O2/c1-20(22-9-7-21(15-33)8-10-22)16-35-27(23-5-3-2-4-6-23)28(40)36-25-12-11-24(17-34-25)37-13-14-38(26(39)18-37)19-29(30,31)32/h2-12,17,20,27,35H,13-14,16,18-19H2,1H3,(H,34,36,40)/t20-,27+/m0/s1. The molecule has 3 aromatic rings. The molecule has 40 heavy (non-hydrogen) atoms. The van der Waals surface area contributed by atoms with Gasteiger partial charge in [0.2, 0.25) is 11.8 Å². The van der Waals surface area contributed by atoms with Crippen LogP contribution in [0.2, 0.25) is 0 Å². The summed E-state index contributed by atoms with van der Waals surface area (Å²) in [5.74, 6) is -0.537. The largest absolute Gasteiger partial charge is 0.406 e. The number of carbonyl (C=O) groups is 2. The average molecular weight is 551 g/mol. The minimum atomic E-state index is -4.44. The number of amides is 2. The number of alkyl halides is 3. The summed E-state index contributed by atoms with van der Waals surface area (Å²) in [4.78, 5) is 32.3. The maximum absolute atomic E-state index is 13.3. The highest BCUT2D eigenvalue weighted by Crippen LogP contribution is 2.23. The maximum Gasteiger partial charge on any atom is 0.406 e. The van der Waals surface area contributed by atoms with Crippen molar-refractivity contribution in [2.24, 2.45) is 0 Å². The van der Waals surface area contributed by atoms with Crippen LogP contribution in [0.1, 0.15) is 35.6 Å². The molecule has 2 N–H and O–H groups in total. The van der Waals surface area contributed by atoms with Gasteiger partial charge in [-0.15, -0.1) is 0 Å². The van der Waals surface area contributed by atoms with Gasteiger partial charge in [-0.2, -0.15) is 18.4 Å². The third-order valence-corrected chi connectivity index (χ3v) is 6.69. The minimum absolute atomic E-state index is 0.0395. The molecule has 2 heterocycles. The Morgan fingerprint density at radius 1 is 1.05 bits per heavy atom. The van der Waals surface area contributed by atoms with Crippen LogP contribution in [0.4, 0.5) is 24.7 Å². The summed E-state index contributed by atoms with van der Waals surface area (Å²) in [5.41, 5.74) is 2.97. The van der Waals surface area contributed by atoms with Crippen LogP contribution >= 0.6 is 0 Å². The highest BCUT2D eigenvalue weighted by molar-refractivity contribution is 5.95. The Bertz CT molecular complexity index is 1340. The average Bonchev–Trinajstić information content (AvgIpc) is 2.94. The first-order valence-corrected chi connectivity index (χ1v) is 12.8. The van der Waals surface area contributed by atoms with Gasteiger partial charge >= 0.3 is 6.18 Å². The van der Waals surface area contributed by atoms with Gasteiger partial charge in [-0.3, -0.25) is 9.59 Å². The zero-order valence-corrected chi connectivity index (χ0v) is 21.9.